The molecule has 1 aliphatic rings. The number of carbonyl (C=O) groups excluding carboxylic acids is 1. The van der Waals surface area contributed by atoms with E-state index in [4.69, 9.17) is 10.7 Å². The Labute approximate surface area is 239 Å². The van der Waals surface area contributed by atoms with E-state index in [0.29, 0.717) is 27.7 Å². The summed E-state index contributed by atoms with van der Waals surface area (Å²) in [5.41, 5.74) is 11.4. The molecular formula is C31H32N6O3S. The second kappa shape index (κ2) is 9.97. The molecule has 0 bridgehead atoms. The Hall–Kier alpha value is -4.28. The zero-order valence-corrected chi connectivity index (χ0v) is 24.1. The number of nitrogens with two attached hydrogens (primary N) is 1. The van der Waals surface area contributed by atoms with Gasteiger partial charge in [-0.25, -0.2) is 17.4 Å². The SMILES string of the molecule is CN1CCc2ccc(-c3cnc4c(c3)c(-c3cnn(C(C)(C)C(N)=O)c3)cn4S(=O)(=O)Cc3ccccc3)cc2C1. The first kappa shape index (κ1) is 26.9. The molecule has 0 unspecified atom stereocenters. The summed E-state index contributed by atoms with van der Waals surface area (Å²) in [5.74, 6) is -0.700. The second-order valence-corrected chi connectivity index (χ2v) is 13.1. The van der Waals surface area contributed by atoms with Gasteiger partial charge >= 0.3 is 0 Å². The van der Waals surface area contributed by atoms with Crippen LogP contribution >= 0.6 is 0 Å². The van der Waals surface area contributed by atoms with Gasteiger partial charge in [-0.3, -0.25) is 9.48 Å². The summed E-state index contributed by atoms with van der Waals surface area (Å²) in [7, 11) is -1.69. The minimum atomic E-state index is -3.81. The third kappa shape index (κ3) is 4.93. The molecule has 0 atom stereocenters. The number of aromatic nitrogens is 4. The maximum atomic E-state index is 13.7. The van der Waals surface area contributed by atoms with Crippen LogP contribution in [0, 0.1) is 0 Å². The van der Waals surface area contributed by atoms with E-state index in [9.17, 15) is 13.2 Å². The number of amides is 1. The predicted octanol–water partition coefficient (Wildman–Crippen LogP) is 4.15. The van der Waals surface area contributed by atoms with Crippen LogP contribution in [0.3, 0.4) is 0 Å². The van der Waals surface area contributed by atoms with Crippen molar-refractivity contribution in [2.24, 2.45) is 5.73 Å². The number of rotatable bonds is 7. The number of nitrogens with zero attached hydrogens (tertiary/aromatic N) is 5. The first-order valence-electron chi connectivity index (χ1n) is 13.5. The van der Waals surface area contributed by atoms with Crippen LogP contribution in [0.2, 0.25) is 0 Å². The summed E-state index contributed by atoms with van der Waals surface area (Å²) in [6.45, 7) is 5.29. The summed E-state index contributed by atoms with van der Waals surface area (Å²) < 4.78 is 30.2. The number of primary amides is 1. The maximum Gasteiger partial charge on any atom is 0.244 e. The molecule has 0 radical (unpaired) electrons. The fourth-order valence-electron chi connectivity index (χ4n) is 5.29. The number of likely N-dealkylation sites (N-methyl/N-ethyl adjacent to an activating group) is 1. The van der Waals surface area contributed by atoms with Gasteiger partial charge in [0.2, 0.25) is 15.9 Å². The molecule has 210 valence electrons. The van der Waals surface area contributed by atoms with Gasteiger partial charge in [0.1, 0.15) is 5.54 Å². The molecule has 4 heterocycles. The first-order valence-corrected chi connectivity index (χ1v) is 15.1. The van der Waals surface area contributed by atoms with Crippen molar-refractivity contribution >= 4 is 27.0 Å². The fraction of sp³-hybridized carbons (Fsp3) is 0.258. The van der Waals surface area contributed by atoms with Crippen LogP contribution in [0.15, 0.2) is 79.4 Å². The zero-order chi connectivity index (χ0) is 28.9. The van der Waals surface area contributed by atoms with E-state index in [1.54, 1.807) is 50.8 Å². The molecule has 0 saturated heterocycles. The van der Waals surface area contributed by atoms with Crippen LogP contribution < -0.4 is 5.73 Å². The third-order valence-corrected chi connectivity index (χ3v) is 9.49. The standard InChI is InChI=1S/C31H32N6O3S/c1-31(2,30(32)38)37-18-26(16-34-37)28-19-36(41(39,40)20-21-7-5-4-6-8-21)29-27(28)14-24(15-33-29)23-10-9-22-11-12-35(3)17-25(22)13-23/h4-10,13-16,18-19H,11-12,17,20H2,1-3H3,(H2,32,38). The average molecular weight is 569 g/mol. The first-order chi connectivity index (χ1) is 19.5. The second-order valence-electron chi connectivity index (χ2n) is 11.2. The van der Waals surface area contributed by atoms with Crippen molar-refractivity contribution in [3.63, 3.8) is 0 Å². The Morgan fingerprint density at radius 2 is 1.76 bits per heavy atom. The Balaban J connectivity index is 1.50. The minimum Gasteiger partial charge on any atom is -0.368 e. The fourth-order valence-corrected chi connectivity index (χ4v) is 6.72. The monoisotopic (exact) mass is 568 g/mol. The highest BCUT2D eigenvalue weighted by Crippen LogP contribution is 2.35. The Bertz CT molecular complexity index is 1890. The molecule has 41 heavy (non-hydrogen) atoms. The van der Waals surface area contributed by atoms with E-state index < -0.39 is 21.5 Å². The van der Waals surface area contributed by atoms with Crippen molar-refractivity contribution < 1.29 is 13.2 Å². The normalized spacial score (nSPS) is 14.3. The molecule has 1 aliphatic heterocycles. The molecule has 0 fully saturated rings. The molecule has 2 N–H and O–H groups in total. The Kier molecular flexibility index (Phi) is 6.55. The van der Waals surface area contributed by atoms with Gasteiger partial charge in [-0.2, -0.15) is 5.10 Å². The van der Waals surface area contributed by atoms with Crippen LogP contribution in [0.4, 0.5) is 0 Å². The van der Waals surface area contributed by atoms with Gasteiger partial charge in [0, 0.05) is 53.8 Å². The highest BCUT2D eigenvalue weighted by atomic mass is 32.2. The number of fused-ring (bicyclic) bond motifs is 2. The summed E-state index contributed by atoms with van der Waals surface area (Å²) in [5, 5.41) is 5.07. The van der Waals surface area contributed by atoms with E-state index in [0.717, 1.165) is 30.6 Å². The van der Waals surface area contributed by atoms with Crippen molar-refractivity contribution in [1.29, 1.82) is 0 Å². The van der Waals surface area contributed by atoms with Crippen molar-refractivity contribution in [2.75, 3.05) is 13.6 Å². The van der Waals surface area contributed by atoms with E-state index in [1.165, 1.54) is 19.8 Å². The van der Waals surface area contributed by atoms with Crippen LogP contribution in [-0.2, 0) is 39.1 Å². The Morgan fingerprint density at radius 3 is 2.51 bits per heavy atom. The quantitative estimate of drug-likeness (QED) is 0.315. The lowest BCUT2D eigenvalue weighted by molar-refractivity contribution is -0.125. The van der Waals surface area contributed by atoms with Crippen LogP contribution in [0.5, 0.6) is 0 Å². The molecule has 0 spiro atoms. The molecule has 9 nitrogen and oxygen atoms in total. The van der Waals surface area contributed by atoms with Crippen LogP contribution in [0.1, 0.15) is 30.5 Å². The largest absolute Gasteiger partial charge is 0.368 e. The van der Waals surface area contributed by atoms with Gasteiger partial charge in [0.05, 0.1) is 11.9 Å². The number of carbonyl (C=O) groups is 1. The third-order valence-electron chi connectivity index (χ3n) is 7.92. The topological polar surface area (TPSA) is 116 Å². The molecule has 5 aromatic rings. The van der Waals surface area contributed by atoms with Gasteiger partial charge in [0.15, 0.2) is 5.65 Å². The molecule has 10 heteroatoms. The van der Waals surface area contributed by atoms with Crippen molar-refractivity contribution in [3.8, 4) is 22.3 Å². The molecule has 1 amide bonds. The highest BCUT2D eigenvalue weighted by Gasteiger charge is 2.29. The van der Waals surface area contributed by atoms with Crippen LogP contribution in [-0.4, -0.2) is 51.6 Å². The summed E-state index contributed by atoms with van der Waals surface area (Å²) in [4.78, 5) is 19.1. The van der Waals surface area contributed by atoms with Crippen molar-refractivity contribution in [1.82, 2.24) is 23.6 Å². The van der Waals surface area contributed by atoms with Crippen molar-refractivity contribution in [2.45, 2.75) is 38.1 Å². The molecule has 2 aromatic carbocycles. The minimum absolute atomic E-state index is 0.174. The average Bonchev–Trinajstić information content (AvgIpc) is 3.58. The lowest BCUT2D eigenvalue weighted by Gasteiger charge is -2.25. The lowest BCUT2D eigenvalue weighted by atomic mass is 9.95. The Morgan fingerprint density at radius 1 is 0.976 bits per heavy atom. The summed E-state index contributed by atoms with van der Waals surface area (Å²) in [6.07, 6.45) is 7.68. The molecule has 0 aliphatic carbocycles. The number of pyridine rings is 1. The van der Waals surface area contributed by atoms with Gasteiger partial charge in [-0.1, -0.05) is 42.5 Å². The lowest BCUT2D eigenvalue weighted by Crippen LogP contribution is -2.41. The number of benzene rings is 2. The van der Waals surface area contributed by atoms with Gasteiger partial charge in [-0.15, -0.1) is 0 Å². The van der Waals surface area contributed by atoms with Crippen molar-refractivity contribution in [3.05, 3.63) is 96.1 Å². The van der Waals surface area contributed by atoms with E-state index in [2.05, 4.69) is 35.2 Å². The predicted molar refractivity (Wildman–Crippen MR) is 159 cm³/mol. The summed E-state index contributed by atoms with van der Waals surface area (Å²) >= 11 is 0. The van der Waals surface area contributed by atoms with E-state index in [-0.39, 0.29) is 5.75 Å². The van der Waals surface area contributed by atoms with Gasteiger partial charge in [0.25, 0.3) is 0 Å². The smallest absolute Gasteiger partial charge is 0.244 e. The molecule has 0 saturated carbocycles. The van der Waals surface area contributed by atoms with Crippen LogP contribution in [0.25, 0.3) is 33.3 Å². The van der Waals surface area contributed by atoms with Gasteiger partial charge in [-0.05, 0) is 61.7 Å². The zero-order valence-electron chi connectivity index (χ0n) is 23.3. The maximum absolute atomic E-state index is 13.7. The molecular weight excluding hydrogens is 536 g/mol. The molecule has 6 rings (SSSR count). The van der Waals surface area contributed by atoms with E-state index >= 15 is 0 Å². The van der Waals surface area contributed by atoms with E-state index in [1.807, 2.05) is 24.3 Å². The van der Waals surface area contributed by atoms with Gasteiger partial charge < -0.3 is 10.6 Å². The number of hydrogen-bond donors (Lipinski definition) is 1. The highest BCUT2D eigenvalue weighted by molar-refractivity contribution is 7.89. The number of hydrogen-bond acceptors (Lipinski definition) is 6. The molecule has 3 aromatic heterocycles. The summed E-state index contributed by atoms with van der Waals surface area (Å²) in [6, 6.07) is 17.5.